The second-order valence-corrected chi connectivity index (χ2v) is 4.30. The predicted molar refractivity (Wildman–Crippen MR) is 78.1 cm³/mol. The number of halogens is 2. The fourth-order valence-electron chi connectivity index (χ4n) is 1.42. The van der Waals surface area contributed by atoms with Crippen molar-refractivity contribution in [1.82, 2.24) is 10.3 Å². The number of methoxy groups -OCH3 is 1. The maximum Gasteiger partial charge on any atom is 0.332 e. The molecule has 1 aromatic carbocycles. The first-order chi connectivity index (χ1) is 10.8. The van der Waals surface area contributed by atoms with Crippen molar-refractivity contribution in [3.05, 3.63) is 59.6 Å². The van der Waals surface area contributed by atoms with Gasteiger partial charge in [0.1, 0.15) is 0 Å². The summed E-state index contributed by atoms with van der Waals surface area (Å²) < 4.78 is 30.2. The summed E-state index contributed by atoms with van der Waals surface area (Å²) in [6, 6.07) is 2.77. The van der Waals surface area contributed by atoms with E-state index in [1.165, 1.54) is 19.5 Å². The van der Waals surface area contributed by atoms with Crippen LogP contribution < -0.4 is 16.9 Å². The Kier molecular flexibility index (Phi) is 6.68. The molecular weight excluding hydrogens is 310 g/mol. The summed E-state index contributed by atoms with van der Waals surface area (Å²) in [5.41, 5.74) is 5.75. The van der Waals surface area contributed by atoms with Crippen LogP contribution in [-0.2, 0) is 9.53 Å². The van der Waals surface area contributed by atoms with E-state index in [1.54, 1.807) is 0 Å². The number of benzene rings is 1. The molecule has 0 aliphatic carbocycles. The van der Waals surface area contributed by atoms with Crippen molar-refractivity contribution in [2.75, 3.05) is 13.7 Å². The fraction of sp³-hybridized carbons (Fsp3) is 0.143. The van der Waals surface area contributed by atoms with Gasteiger partial charge in [-0.1, -0.05) is 0 Å². The molecule has 0 atom stereocenters. The molecule has 0 aromatic heterocycles. The molecule has 1 aromatic rings. The van der Waals surface area contributed by atoms with Crippen molar-refractivity contribution in [3.63, 3.8) is 0 Å². The van der Waals surface area contributed by atoms with Crippen molar-refractivity contribution < 1.29 is 23.1 Å². The van der Waals surface area contributed by atoms with Gasteiger partial charge < -0.3 is 15.8 Å². The predicted octanol–water partition coefficient (Wildman–Crippen LogP) is 0.357. The van der Waals surface area contributed by atoms with E-state index in [9.17, 15) is 18.4 Å². The van der Waals surface area contributed by atoms with Gasteiger partial charge in [-0.15, -0.1) is 0 Å². The summed E-state index contributed by atoms with van der Waals surface area (Å²) in [6.07, 6.45) is 3.53. The number of nitrogens with two attached hydrogens (primary N) is 2. The highest BCUT2D eigenvalue weighted by atomic mass is 19.2. The van der Waals surface area contributed by atoms with Crippen LogP contribution in [0.15, 0.2) is 42.4 Å². The number of hydrogen-bond acceptors (Lipinski definition) is 6. The van der Waals surface area contributed by atoms with Crippen LogP contribution in [0.1, 0.15) is 10.4 Å². The summed E-state index contributed by atoms with van der Waals surface area (Å²) in [6.45, 7) is -0.0857. The molecule has 0 radical (unpaired) electrons. The SMILES string of the molecule is COC(=O)/C=C/N(N)/C=C(\N)CNC(=O)c1ccc(F)c(F)c1. The lowest BCUT2D eigenvalue weighted by molar-refractivity contribution is -0.134. The Morgan fingerprint density at radius 1 is 1.35 bits per heavy atom. The topological polar surface area (TPSA) is 111 Å². The van der Waals surface area contributed by atoms with E-state index in [4.69, 9.17) is 11.6 Å². The third kappa shape index (κ3) is 6.14. The summed E-state index contributed by atoms with van der Waals surface area (Å²) in [4.78, 5) is 22.6. The van der Waals surface area contributed by atoms with Gasteiger partial charge in [-0.25, -0.2) is 19.4 Å². The van der Waals surface area contributed by atoms with E-state index in [2.05, 4.69) is 10.1 Å². The van der Waals surface area contributed by atoms with Crippen molar-refractivity contribution in [2.45, 2.75) is 0 Å². The molecule has 0 unspecified atom stereocenters. The van der Waals surface area contributed by atoms with Crippen LogP contribution in [0.25, 0.3) is 0 Å². The monoisotopic (exact) mass is 326 g/mol. The van der Waals surface area contributed by atoms with E-state index in [0.29, 0.717) is 0 Å². The molecule has 0 spiro atoms. The Balaban J connectivity index is 2.57. The van der Waals surface area contributed by atoms with Crippen molar-refractivity contribution in [2.24, 2.45) is 11.6 Å². The summed E-state index contributed by atoms with van der Waals surface area (Å²) in [7, 11) is 1.21. The molecular formula is C14H16F2N4O3. The average Bonchev–Trinajstić information content (AvgIpc) is 2.52. The van der Waals surface area contributed by atoms with Gasteiger partial charge in [0.15, 0.2) is 11.6 Å². The molecule has 0 saturated heterocycles. The van der Waals surface area contributed by atoms with Gasteiger partial charge in [0, 0.05) is 29.7 Å². The minimum Gasteiger partial charge on any atom is -0.466 e. The number of nitrogens with one attached hydrogen (secondary N) is 1. The number of esters is 1. The van der Waals surface area contributed by atoms with Crippen LogP contribution in [0.2, 0.25) is 0 Å². The van der Waals surface area contributed by atoms with Gasteiger partial charge in [-0.3, -0.25) is 9.80 Å². The second kappa shape index (κ2) is 8.49. The van der Waals surface area contributed by atoms with Crippen LogP contribution in [0.4, 0.5) is 8.78 Å². The van der Waals surface area contributed by atoms with Gasteiger partial charge in [0.25, 0.3) is 5.91 Å². The highest BCUT2D eigenvalue weighted by Crippen LogP contribution is 2.08. The molecule has 0 aliphatic heterocycles. The zero-order valence-electron chi connectivity index (χ0n) is 12.3. The largest absolute Gasteiger partial charge is 0.466 e. The third-order valence-electron chi connectivity index (χ3n) is 2.53. The summed E-state index contributed by atoms with van der Waals surface area (Å²) >= 11 is 0. The highest BCUT2D eigenvalue weighted by Gasteiger charge is 2.09. The number of hydrogen-bond donors (Lipinski definition) is 3. The Hall–Kier alpha value is -2.94. The van der Waals surface area contributed by atoms with E-state index in [-0.39, 0.29) is 17.8 Å². The number of carbonyl (C=O) groups excluding carboxylic acids is 2. The first-order valence-corrected chi connectivity index (χ1v) is 6.32. The molecule has 1 amide bonds. The van der Waals surface area contributed by atoms with Gasteiger partial charge in [-0.2, -0.15) is 0 Å². The van der Waals surface area contributed by atoms with E-state index >= 15 is 0 Å². The zero-order chi connectivity index (χ0) is 17.4. The molecule has 0 aliphatic rings. The minimum absolute atomic E-state index is 0.0492. The van der Waals surface area contributed by atoms with E-state index in [0.717, 1.165) is 29.3 Å². The molecule has 23 heavy (non-hydrogen) atoms. The van der Waals surface area contributed by atoms with Crippen molar-refractivity contribution in [1.29, 1.82) is 0 Å². The molecule has 124 valence electrons. The van der Waals surface area contributed by atoms with Gasteiger partial charge in [0.2, 0.25) is 0 Å². The maximum atomic E-state index is 13.0. The number of hydrazine groups is 1. The molecule has 7 nitrogen and oxygen atoms in total. The van der Waals surface area contributed by atoms with Gasteiger partial charge in [0.05, 0.1) is 13.7 Å². The number of carbonyl (C=O) groups is 2. The number of amides is 1. The summed E-state index contributed by atoms with van der Waals surface area (Å²) in [5.74, 6) is 2.11. The highest BCUT2D eigenvalue weighted by molar-refractivity contribution is 5.94. The lowest BCUT2D eigenvalue weighted by Crippen LogP contribution is -2.30. The molecule has 0 fully saturated rings. The Morgan fingerprint density at radius 2 is 2.04 bits per heavy atom. The molecule has 5 N–H and O–H groups in total. The Morgan fingerprint density at radius 3 is 2.65 bits per heavy atom. The Bertz CT molecular complexity index is 647. The number of ether oxygens (including phenoxy) is 1. The number of rotatable bonds is 6. The smallest absolute Gasteiger partial charge is 0.332 e. The molecule has 0 saturated carbocycles. The first kappa shape index (κ1) is 18.1. The number of nitrogens with zero attached hydrogens (tertiary/aromatic N) is 1. The van der Waals surface area contributed by atoms with Gasteiger partial charge in [-0.05, 0) is 18.2 Å². The van der Waals surface area contributed by atoms with Gasteiger partial charge >= 0.3 is 5.97 Å². The molecule has 1 rings (SSSR count). The van der Waals surface area contributed by atoms with Crippen LogP contribution in [0.3, 0.4) is 0 Å². The standard InChI is InChI=1S/C14H16F2N4O3/c1-23-13(21)4-5-20(18)8-10(17)7-19-14(22)9-2-3-11(15)12(16)6-9/h2-6,8H,7,17-18H2,1H3,(H,19,22)/b5-4+,10-8-. The molecule has 9 heteroatoms. The van der Waals surface area contributed by atoms with Crippen LogP contribution in [-0.4, -0.2) is 30.5 Å². The maximum absolute atomic E-state index is 13.0. The second-order valence-electron chi connectivity index (χ2n) is 4.30. The van der Waals surface area contributed by atoms with Crippen LogP contribution in [0, 0.1) is 11.6 Å². The van der Waals surface area contributed by atoms with Crippen molar-refractivity contribution in [3.8, 4) is 0 Å². The van der Waals surface area contributed by atoms with Crippen LogP contribution in [0.5, 0.6) is 0 Å². The Labute approximate surface area is 131 Å². The first-order valence-electron chi connectivity index (χ1n) is 6.32. The van der Waals surface area contributed by atoms with Crippen LogP contribution >= 0.6 is 0 Å². The fourth-order valence-corrected chi connectivity index (χ4v) is 1.42. The zero-order valence-corrected chi connectivity index (χ0v) is 12.3. The lowest BCUT2D eigenvalue weighted by atomic mass is 10.2. The normalized spacial score (nSPS) is 11.4. The minimum atomic E-state index is -1.12. The van der Waals surface area contributed by atoms with Crippen molar-refractivity contribution >= 4 is 11.9 Å². The lowest BCUT2D eigenvalue weighted by Gasteiger charge is -2.10. The summed E-state index contributed by atoms with van der Waals surface area (Å²) in [5, 5.41) is 3.40. The molecule has 0 heterocycles. The van der Waals surface area contributed by atoms with E-state index < -0.39 is 23.5 Å². The quantitative estimate of drug-likeness (QED) is 0.301. The van der Waals surface area contributed by atoms with E-state index in [1.807, 2.05) is 0 Å². The third-order valence-corrected chi connectivity index (χ3v) is 2.53. The molecule has 0 bridgehead atoms. The average molecular weight is 326 g/mol.